The summed E-state index contributed by atoms with van der Waals surface area (Å²) in [4.78, 5) is 12.7. The quantitative estimate of drug-likeness (QED) is 0.552. The zero-order valence-electron chi connectivity index (χ0n) is 12.1. The summed E-state index contributed by atoms with van der Waals surface area (Å²) in [7, 11) is -3.64. The molecule has 1 saturated carbocycles. The molecule has 108 valence electrons. The van der Waals surface area contributed by atoms with Crippen LogP contribution in [0.5, 0.6) is 0 Å². The summed E-state index contributed by atoms with van der Waals surface area (Å²) in [6.07, 6.45) is 5.24. The van der Waals surface area contributed by atoms with Crippen molar-refractivity contribution in [3.05, 3.63) is 12.2 Å². The Morgan fingerprint density at radius 1 is 1.26 bits per heavy atom. The molecular formula is C14H23O4P. The molecular weight excluding hydrogens is 263 g/mol. The molecule has 0 aromatic heterocycles. The van der Waals surface area contributed by atoms with Crippen LogP contribution < -0.4 is 0 Å². The minimum atomic E-state index is -3.64. The molecule has 0 aromatic rings. The van der Waals surface area contributed by atoms with Crippen LogP contribution in [0, 0.1) is 23.2 Å². The van der Waals surface area contributed by atoms with Gasteiger partial charge < -0.3 is 9.05 Å². The van der Waals surface area contributed by atoms with E-state index in [1.807, 2.05) is 0 Å². The fourth-order valence-electron chi connectivity index (χ4n) is 3.48. The molecule has 0 spiro atoms. The molecule has 19 heavy (non-hydrogen) atoms. The molecule has 1 fully saturated rings. The van der Waals surface area contributed by atoms with Gasteiger partial charge in [0.05, 0.1) is 13.2 Å². The van der Waals surface area contributed by atoms with Crippen LogP contribution in [0.15, 0.2) is 12.2 Å². The van der Waals surface area contributed by atoms with E-state index >= 15 is 0 Å². The van der Waals surface area contributed by atoms with Crippen molar-refractivity contribution in [3.63, 3.8) is 0 Å². The highest BCUT2D eigenvalue weighted by molar-refractivity contribution is 7.71. The van der Waals surface area contributed by atoms with Crippen LogP contribution in [-0.2, 0) is 18.4 Å². The van der Waals surface area contributed by atoms with Gasteiger partial charge in [-0.05, 0) is 37.5 Å². The number of hydrogen-bond donors (Lipinski definition) is 0. The van der Waals surface area contributed by atoms with E-state index in [0.29, 0.717) is 5.92 Å². The van der Waals surface area contributed by atoms with E-state index in [9.17, 15) is 9.36 Å². The van der Waals surface area contributed by atoms with E-state index in [2.05, 4.69) is 26.0 Å². The third-order valence-electron chi connectivity index (χ3n) is 4.44. The molecule has 2 aliphatic carbocycles. The third kappa shape index (κ3) is 2.35. The molecule has 0 unspecified atom stereocenters. The summed E-state index contributed by atoms with van der Waals surface area (Å²) in [5.41, 5.74) is -0.501. The Kier molecular flexibility index (Phi) is 4.06. The fourth-order valence-corrected chi connectivity index (χ4v) is 5.36. The van der Waals surface area contributed by atoms with Crippen LogP contribution in [-0.4, -0.2) is 18.7 Å². The lowest BCUT2D eigenvalue weighted by Crippen LogP contribution is -2.35. The lowest BCUT2D eigenvalue weighted by atomic mass is 9.72. The van der Waals surface area contributed by atoms with Crippen LogP contribution in [0.3, 0.4) is 0 Å². The zero-order chi connectivity index (χ0) is 14.3. The zero-order valence-corrected chi connectivity index (χ0v) is 13.0. The van der Waals surface area contributed by atoms with Gasteiger partial charge in [-0.2, -0.15) is 0 Å². The van der Waals surface area contributed by atoms with Crippen molar-refractivity contribution in [3.8, 4) is 0 Å². The first kappa shape index (κ1) is 15.0. The molecule has 0 aromatic carbocycles. The van der Waals surface area contributed by atoms with Gasteiger partial charge in [0.25, 0.3) is 0 Å². The van der Waals surface area contributed by atoms with Crippen molar-refractivity contribution in [1.29, 1.82) is 0 Å². The third-order valence-corrected chi connectivity index (χ3v) is 6.45. The van der Waals surface area contributed by atoms with E-state index in [0.717, 1.165) is 6.42 Å². The molecule has 0 saturated heterocycles. The van der Waals surface area contributed by atoms with E-state index in [1.54, 1.807) is 13.8 Å². The van der Waals surface area contributed by atoms with Crippen LogP contribution in [0.4, 0.5) is 0 Å². The number of fused-ring (bicyclic) bond motifs is 2. The minimum absolute atomic E-state index is 0.166. The Morgan fingerprint density at radius 2 is 1.84 bits per heavy atom. The maximum Gasteiger partial charge on any atom is 0.397 e. The highest BCUT2D eigenvalue weighted by Gasteiger charge is 2.57. The molecule has 2 bridgehead atoms. The monoisotopic (exact) mass is 286 g/mol. The normalized spacial score (nSPS) is 31.9. The van der Waals surface area contributed by atoms with Gasteiger partial charge in [0.15, 0.2) is 0 Å². The summed E-state index contributed by atoms with van der Waals surface area (Å²) in [5.74, 6) is 0.316. The molecule has 5 heteroatoms. The Morgan fingerprint density at radius 3 is 2.26 bits per heavy atom. The highest BCUT2D eigenvalue weighted by atomic mass is 31.2. The number of allylic oxidation sites excluding steroid dienone is 2. The first-order valence-corrected chi connectivity index (χ1v) is 8.53. The summed E-state index contributed by atoms with van der Waals surface area (Å²) < 4.78 is 23.1. The van der Waals surface area contributed by atoms with Crippen molar-refractivity contribution in [1.82, 2.24) is 0 Å². The van der Waals surface area contributed by atoms with Crippen molar-refractivity contribution in [2.45, 2.75) is 34.1 Å². The highest BCUT2D eigenvalue weighted by Crippen LogP contribution is 2.62. The van der Waals surface area contributed by atoms with Gasteiger partial charge >= 0.3 is 7.60 Å². The average molecular weight is 286 g/mol. The first-order chi connectivity index (χ1) is 8.86. The van der Waals surface area contributed by atoms with Gasteiger partial charge in [-0.15, -0.1) is 0 Å². The maximum atomic E-state index is 12.7. The average Bonchev–Trinajstić information content (AvgIpc) is 2.87. The molecule has 4 nitrogen and oxygen atoms in total. The minimum Gasteiger partial charge on any atom is -0.303 e. The summed E-state index contributed by atoms with van der Waals surface area (Å²) in [6, 6.07) is 0. The second kappa shape index (κ2) is 5.16. The van der Waals surface area contributed by atoms with Crippen LogP contribution >= 0.6 is 7.60 Å². The molecule has 0 heterocycles. The predicted octanol–water partition coefficient (Wildman–Crippen LogP) is 3.63. The SMILES string of the molecule is CCOP(=O)(OCC)C(=O)[C@@H]1[C@@H]2C=C[C@@H](C2)C1(C)C. The van der Waals surface area contributed by atoms with Crippen LogP contribution in [0.1, 0.15) is 34.1 Å². The Hall–Kier alpha value is -0.440. The topological polar surface area (TPSA) is 52.6 Å². The van der Waals surface area contributed by atoms with Crippen LogP contribution in [0.25, 0.3) is 0 Å². The van der Waals surface area contributed by atoms with Gasteiger partial charge in [-0.3, -0.25) is 9.36 Å². The second-order valence-electron chi connectivity index (χ2n) is 5.86. The summed E-state index contributed by atoms with van der Waals surface area (Å²) in [5, 5.41) is 0. The standard InChI is InChI=1S/C14H23O4P/c1-5-17-19(16,18-6-2)13(15)12-10-7-8-11(9-10)14(12,3)4/h7-8,10-12H,5-6,9H2,1-4H3/t10-,11+,12+/m1/s1. The number of carbonyl (C=O) groups is 1. The molecule has 0 N–H and O–H groups in total. The lowest BCUT2D eigenvalue weighted by molar-refractivity contribution is -0.121. The predicted molar refractivity (Wildman–Crippen MR) is 73.9 cm³/mol. The van der Waals surface area contributed by atoms with Crippen molar-refractivity contribution < 1.29 is 18.4 Å². The van der Waals surface area contributed by atoms with Crippen molar-refractivity contribution in [2.75, 3.05) is 13.2 Å². The summed E-state index contributed by atoms with van der Waals surface area (Å²) >= 11 is 0. The largest absolute Gasteiger partial charge is 0.397 e. The second-order valence-corrected chi connectivity index (χ2v) is 7.81. The molecule has 0 amide bonds. The number of carbonyl (C=O) groups excluding carboxylic acids is 1. The Balaban J connectivity index is 2.28. The Labute approximate surface area is 115 Å². The number of hydrogen-bond acceptors (Lipinski definition) is 4. The van der Waals surface area contributed by atoms with Gasteiger partial charge in [0.1, 0.15) is 0 Å². The molecule has 0 aliphatic heterocycles. The molecule has 2 aliphatic rings. The van der Waals surface area contributed by atoms with E-state index < -0.39 is 7.60 Å². The lowest BCUT2D eigenvalue weighted by Gasteiger charge is -2.35. The smallest absolute Gasteiger partial charge is 0.303 e. The number of rotatable bonds is 6. The van der Waals surface area contributed by atoms with Crippen molar-refractivity contribution in [2.24, 2.45) is 23.2 Å². The van der Waals surface area contributed by atoms with Crippen LogP contribution in [0.2, 0.25) is 0 Å². The fraction of sp³-hybridized carbons (Fsp3) is 0.786. The first-order valence-electron chi connectivity index (χ1n) is 6.98. The molecule has 3 atom stereocenters. The van der Waals surface area contributed by atoms with Gasteiger partial charge in [0.2, 0.25) is 5.52 Å². The Bertz CT molecular complexity index is 431. The van der Waals surface area contributed by atoms with E-state index in [-0.39, 0.29) is 36.0 Å². The molecule has 2 rings (SSSR count). The maximum absolute atomic E-state index is 12.7. The summed E-state index contributed by atoms with van der Waals surface area (Å²) in [6.45, 7) is 8.05. The van der Waals surface area contributed by atoms with E-state index in [1.165, 1.54) is 0 Å². The van der Waals surface area contributed by atoms with E-state index in [4.69, 9.17) is 9.05 Å². The van der Waals surface area contributed by atoms with Gasteiger partial charge in [0, 0.05) is 5.92 Å². The van der Waals surface area contributed by atoms with Gasteiger partial charge in [-0.25, -0.2) is 0 Å². The van der Waals surface area contributed by atoms with Crippen molar-refractivity contribution >= 4 is 13.1 Å². The van der Waals surface area contributed by atoms with Gasteiger partial charge in [-0.1, -0.05) is 26.0 Å². The molecule has 0 radical (unpaired) electrons.